The van der Waals surface area contributed by atoms with Crippen molar-refractivity contribution in [2.75, 3.05) is 0 Å². The minimum Gasteiger partial charge on any atom is -0.0616 e. The zero-order chi connectivity index (χ0) is 35.3. The largest absolute Gasteiger partial charge is 0.0616 e. The number of hydrogen-bond donors (Lipinski definition) is 0. The number of hydrogen-bond acceptors (Lipinski definition) is 0. The lowest BCUT2D eigenvalue weighted by atomic mass is 9.80. The number of fused-ring (bicyclic) bond motifs is 10. The van der Waals surface area contributed by atoms with Crippen LogP contribution in [0.5, 0.6) is 0 Å². The van der Waals surface area contributed by atoms with E-state index < -0.39 is 0 Å². The first-order valence-electron chi connectivity index (χ1n) is 18.7. The van der Waals surface area contributed by atoms with Crippen molar-refractivity contribution in [2.45, 2.75) is 19.3 Å². The summed E-state index contributed by atoms with van der Waals surface area (Å²) in [5, 5.41) is 12.9. The molecule has 0 unspecified atom stereocenters. The quantitative estimate of drug-likeness (QED) is 0.164. The molecule has 10 aromatic rings. The Labute approximate surface area is 309 Å². The molecular formula is C53H36. The molecule has 0 N–H and O–H groups in total. The van der Waals surface area contributed by atoms with Gasteiger partial charge in [-0.2, -0.15) is 0 Å². The van der Waals surface area contributed by atoms with Gasteiger partial charge in [0, 0.05) is 5.41 Å². The molecule has 0 spiro atoms. The molecule has 0 saturated carbocycles. The Balaban J connectivity index is 0.969. The van der Waals surface area contributed by atoms with Crippen LogP contribution in [0.1, 0.15) is 25.0 Å². The molecule has 11 rings (SSSR count). The fraction of sp³-hybridized carbons (Fsp3) is 0.0566. The molecule has 0 aromatic heterocycles. The van der Waals surface area contributed by atoms with E-state index in [2.05, 4.69) is 196 Å². The van der Waals surface area contributed by atoms with Crippen LogP contribution < -0.4 is 0 Å². The molecule has 0 heteroatoms. The predicted octanol–water partition coefficient (Wildman–Crippen LogP) is 14.8. The van der Waals surface area contributed by atoms with Crippen molar-refractivity contribution in [1.82, 2.24) is 0 Å². The summed E-state index contributed by atoms with van der Waals surface area (Å²) in [5.41, 5.74) is 13.0. The van der Waals surface area contributed by atoms with E-state index in [1.54, 1.807) is 0 Å². The Bertz CT molecular complexity index is 3140. The number of rotatable bonds is 3. The van der Waals surface area contributed by atoms with E-state index in [1.165, 1.54) is 109 Å². The van der Waals surface area contributed by atoms with Gasteiger partial charge in [0.05, 0.1) is 0 Å². The molecule has 0 fully saturated rings. The highest BCUT2D eigenvalue weighted by atomic mass is 14.4. The third kappa shape index (κ3) is 4.55. The lowest BCUT2D eigenvalue weighted by Crippen LogP contribution is -2.15. The molecule has 0 saturated heterocycles. The summed E-state index contributed by atoms with van der Waals surface area (Å²) in [4.78, 5) is 0. The molecular weight excluding hydrogens is 637 g/mol. The van der Waals surface area contributed by atoms with Gasteiger partial charge in [-0.1, -0.05) is 159 Å². The van der Waals surface area contributed by atoms with Crippen LogP contribution in [0.3, 0.4) is 0 Å². The van der Waals surface area contributed by atoms with Crippen LogP contribution in [-0.2, 0) is 5.41 Å². The average Bonchev–Trinajstić information content (AvgIpc) is 3.44. The first-order valence-corrected chi connectivity index (χ1v) is 18.7. The van der Waals surface area contributed by atoms with Crippen molar-refractivity contribution in [3.05, 3.63) is 193 Å². The second-order valence-corrected chi connectivity index (χ2v) is 15.3. The van der Waals surface area contributed by atoms with E-state index >= 15 is 0 Å². The van der Waals surface area contributed by atoms with E-state index in [0.717, 1.165) is 0 Å². The summed E-state index contributed by atoms with van der Waals surface area (Å²) in [7, 11) is 0. The van der Waals surface area contributed by atoms with Crippen molar-refractivity contribution in [1.29, 1.82) is 0 Å². The van der Waals surface area contributed by atoms with Gasteiger partial charge in [0.2, 0.25) is 0 Å². The Kier molecular flexibility index (Phi) is 6.40. The fourth-order valence-electron chi connectivity index (χ4n) is 9.26. The van der Waals surface area contributed by atoms with Gasteiger partial charge in [-0.05, 0) is 146 Å². The SMILES string of the molecule is CC1(C)c2cc(-c3ccc4cc(-c5cc6ccccc6c6ccccc56)ccc4c3)ccc2-c2ccc(-c3cc4ccccc4c4ccccc34)cc21. The highest BCUT2D eigenvalue weighted by molar-refractivity contribution is 6.15. The Morgan fingerprint density at radius 3 is 1.21 bits per heavy atom. The van der Waals surface area contributed by atoms with Gasteiger partial charge in [-0.15, -0.1) is 0 Å². The first-order chi connectivity index (χ1) is 26.0. The van der Waals surface area contributed by atoms with Gasteiger partial charge in [0.25, 0.3) is 0 Å². The standard InChI is InChI=1S/C53H36/c1-53(2)51-31-36(23-25-47(51)48-26-24-40(32-52(48)53)50-30-38-12-4-6-14-42(38)44-16-8-10-18-46(44)50)34-19-20-35-28-39(22-21-33(35)27-34)49-29-37-11-3-5-13-41(37)43-15-7-9-17-45(43)49/h3-32H,1-2H3. The Hall–Kier alpha value is -6.50. The maximum Gasteiger partial charge on any atom is 0.0159 e. The lowest BCUT2D eigenvalue weighted by Gasteiger charge is -2.23. The molecule has 248 valence electrons. The van der Waals surface area contributed by atoms with Crippen molar-refractivity contribution in [2.24, 2.45) is 0 Å². The van der Waals surface area contributed by atoms with Crippen LogP contribution in [0.25, 0.3) is 98.4 Å². The third-order valence-corrected chi connectivity index (χ3v) is 12.0. The zero-order valence-electron chi connectivity index (χ0n) is 29.8. The summed E-state index contributed by atoms with van der Waals surface area (Å²) < 4.78 is 0. The monoisotopic (exact) mass is 672 g/mol. The highest BCUT2D eigenvalue weighted by Gasteiger charge is 2.36. The van der Waals surface area contributed by atoms with Gasteiger partial charge in [0.1, 0.15) is 0 Å². The van der Waals surface area contributed by atoms with Gasteiger partial charge in [-0.3, -0.25) is 0 Å². The normalized spacial score (nSPS) is 13.2. The summed E-state index contributed by atoms with van der Waals surface area (Å²) in [5.74, 6) is 0. The maximum atomic E-state index is 2.46. The van der Waals surface area contributed by atoms with Gasteiger partial charge in [-0.25, -0.2) is 0 Å². The van der Waals surface area contributed by atoms with Crippen molar-refractivity contribution in [3.63, 3.8) is 0 Å². The van der Waals surface area contributed by atoms with Crippen molar-refractivity contribution < 1.29 is 0 Å². The summed E-state index contributed by atoms with van der Waals surface area (Å²) >= 11 is 0. The smallest absolute Gasteiger partial charge is 0.0159 e. The van der Waals surface area contributed by atoms with Crippen LogP contribution in [0.15, 0.2) is 182 Å². The molecule has 0 amide bonds. The molecule has 0 nitrogen and oxygen atoms in total. The van der Waals surface area contributed by atoms with E-state index in [-0.39, 0.29) is 5.41 Å². The minimum atomic E-state index is -0.127. The molecule has 0 bridgehead atoms. The van der Waals surface area contributed by atoms with Crippen LogP contribution >= 0.6 is 0 Å². The summed E-state index contributed by atoms with van der Waals surface area (Å²) in [6.07, 6.45) is 0. The molecule has 0 heterocycles. The van der Waals surface area contributed by atoms with Gasteiger partial charge < -0.3 is 0 Å². The van der Waals surface area contributed by atoms with Crippen LogP contribution in [0, 0.1) is 0 Å². The summed E-state index contributed by atoms with van der Waals surface area (Å²) in [6.45, 7) is 4.78. The van der Waals surface area contributed by atoms with Crippen LogP contribution in [0.2, 0.25) is 0 Å². The topological polar surface area (TPSA) is 0 Å². The second kappa shape index (κ2) is 11.2. The minimum absolute atomic E-state index is 0.127. The van der Waals surface area contributed by atoms with Crippen LogP contribution in [-0.4, -0.2) is 0 Å². The van der Waals surface area contributed by atoms with E-state index in [1.807, 2.05) is 0 Å². The van der Waals surface area contributed by atoms with E-state index in [4.69, 9.17) is 0 Å². The fourth-order valence-corrected chi connectivity index (χ4v) is 9.26. The molecule has 0 atom stereocenters. The predicted molar refractivity (Wildman–Crippen MR) is 228 cm³/mol. The Morgan fingerprint density at radius 1 is 0.264 bits per heavy atom. The second-order valence-electron chi connectivity index (χ2n) is 15.3. The van der Waals surface area contributed by atoms with Crippen molar-refractivity contribution in [3.8, 4) is 44.5 Å². The molecule has 0 aliphatic heterocycles. The number of benzene rings is 10. The lowest BCUT2D eigenvalue weighted by molar-refractivity contribution is 0.661. The van der Waals surface area contributed by atoms with E-state index in [9.17, 15) is 0 Å². The maximum absolute atomic E-state index is 2.46. The van der Waals surface area contributed by atoms with Crippen molar-refractivity contribution >= 4 is 53.9 Å². The molecule has 10 aromatic carbocycles. The molecule has 1 aliphatic rings. The van der Waals surface area contributed by atoms with E-state index in [0.29, 0.717) is 0 Å². The third-order valence-electron chi connectivity index (χ3n) is 12.0. The molecule has 1 aliphatic carbocycles. The highest BCUT2D eigenvalue weighted by Crippen LogP contribution is 2.51. The molecule has 53 heavy (non-hydrogen) atoms. The summed E-state index contributed by atoms with van der Waals surface area (Å²) in [6, 6.07) is 68.0. The van der Waals surface area contributed by atoms with Gasteiger partial charge >= 0.3 is 0 Å². The average molecular weight is 673 g/mol. The van der Waals surface area contributed by atoms with Crippen LogP contribution in [0.4, 0.5) is 0 Å². The first kappa shape index (κ1) is 30.2. The van der Waals surface area contributed by atoms with Gasteiger partial charge in [0.15, 0.2) is 0 Å². The Morgan fingerprint density at radius 2 is 0.642 bits per heavy atom. The zero-order valence-corrected chi connectivity index (χ0v) is 29.8. The molecule has 0 radical (unpaired) electrons.